The largest absolute Gasteiger partial charge is 0.447 e. The van der Waals surface area contributed by atoms with Gasteiger partial charge in [-0.25, -0.2) is 0 Å². The molecule has 22 heavy (non-hydrogen) atoms. The molecule has 0 unspecified atom stereocenters. The smallest absolute Gasteiger partial charge is 0.217 e. The summed E-state index contributed by atoms with van der Waals surface area (Å²) >= 11 is 0. The van der Waals surface area contributed by atoms with E-state index in [-0.39, 0.29) is 5.90 Å². The van der Waals surface area contributed by atoms with Crippen molar-refractivity contribution in [2.45, 2.75) is 44.5 Å². The molecule has 0 amide bonds. The van der Waals surface area contributed by atoms with E-state index >= 15 is 0 Å². The van der Waals surface area contributed by atoms with Gasteiger partial charge in [0.1, 0.15) is 6.10 Å². The molecule has 0 aromatic heterocycles. The molecule has 0 radical (unpaired) electrons. The van der Waals surface area contributed by atoms with E-state index < -0.39 is 28.6 Å². The molecule has 0 aromatic carbocycles. The molecule has 6 nitrogen and oxygen atoms in total. The Balaban J connectivity index is 2.31. The zero-order valence-electron chi connectivity index (χ0n) is 12.3. The summed E-state index contributed by atoms with van der Waals surface area (Å²) in [6.45, 7) is 1.76. The third kappa shape index (κ3) is 1.33. The van der Waals surface area contributed by atoms with Gasteiger partial charge < -0.3 is 9.47 Å². The first-order chi connectivity index (χ1) is 10.6. The average Bonchev–Trinajstić information content (AvgIpc) is 2.74. The summed E-state index contributed by atoms with van der Waals surface area (Å²) in [4.78, 5) is 0. The molecule has 3 fully saturated rings. The maximum atomic E-state index is 9.91. The summed E-state index contributed by atoms with van der Waals surface area (Å²) in [7, 11) is 0. The summed E-state index contributed by atoms with van der Waals surface area (Å²) in [5, 5.41) is 37.7. The molecule has 4 atom stereocenters. The van der Waals surface area contributed by atoms with Crippen molar-refractivity contribution in [3.8, 4) is 18.2 Å². The van der Waals surface area contributed by atoms with Crippen LogP contribution in [0, 0.1) is 56.2 Å². The lowest BCUT2D eigenvalue weighted by Gasteiger charge is -2.50. The van der Waals surface area contributed by atoms with Crippen molar-refractivity contribution in [3.05, 3.63) is 12.2 Å². The van der Waals surface area contributed by atoms with Gasteiger partial charge in [0.25, 0.3) is 0 Å². The van der Waals surface area contributed by atoms with Crippen LogP contribution in [0.1, 0.15) is 32.6 Å². The Morgan fingerprint density at radius 2 is 1.95 bits per heavy atom. The van der Waals surface area contributed by atoms with Crippen molar-refractivity contribution in [3.63, 3.8) is 0 Å². The summed E-state index contributed by atoms with van der Waals surface area (Å²) in [6.07, 6.45) is 5.37. The van der Waals surface area contributed by atoms with Crippen LogP contribution in [0.4, 0.5) is 0 Å². The number of nitrogens with zero attached hydrogens (tertiary/aromatic N) is 3. The van der Waals surface area contributed by atoms with Crippen LogP contribution < -0.4 is 0 Å². The molecule has 1 aliphatic carbocycles. The van der Waals surface area contributed by atoms with Crippen LogP contribution in [0.3, 0.4) is 0 Å². The molecule has 1 N–H and O–H groups in total. The van der Waals surface area contributed by atoms with Gasteiger partial charge in [0.15, 0.2) is 5.41 Å². The molecular formula is C16H16N4O2. The average molecular weight is 296 g/mol. The van der Waals surface area contributed by atoms with Gasteiger partial charge in [-0.15, -0.1) is 0 Å². The summed E-state index contributed by atoms with van der Waals surface area (Å²) in [6, 6.07) is 6.13. The van der Waals surface area contributed by atoms with Gasteiger partial charge in [0.2, 0.25) is 17.1 Å². The zero-order chi connectivity index (χ0) is 16.0. The van der Waals surface area contributed by atoms with E-state index in [0.29, 0.717) is 12.8 Å². The van der Waals surface area contributed by atoms with E-state index in [1.807, 2.05) is 12.1 Å². The fourth-order valence-corrected chi connectivity index (χ4v) is 4.24. The quantitative estimate of drug-likeness (QED) is 0.746. The molecule has 112 valence electrons. The van der Waals surface area contributed by atoms with Crippen LogP contribution in [0.15, 0.2) is 12.2 Å². The minimum absolute atomic E-state index is 0.294. The van der Waals surface area contributed by atoms with Gasteiger partial charge in [-0.3, -0.25) is 5.41 Å². The van der Waals surface area contributed by atoms with Gasteiger partial charge in [-0.1, -0.05) is 18.6 Å². The molecule has 2 heterocycles. The van der Waals surface area contributed by atoms with Crippen molar-refractivity contribution in [2.75, 3.05) is 0 Å². The third-order valence-electron chi connectivity index (χ3n) is 5.23. The Morgan fingerprint density at radius 3 is 2.55 bits per heavy atom. The fourth-order valence-electron chi connectivity index (χ4n) is 4.24. The van der Waals surface area contributed by atoms with E-state index in [0.717, 1.165) is 12.8 Å². The van der Waals surface area contributed by atoms with Gasteiger partial charge in [0, 0.05) is 6.42 Å². The molecule has 3 rings (SSSR count). The summed E-state index contributed by atoms with van der Waals surface area (Å²) < 4.78 is 11.8. The van der Waals surface area contributed by atoms with Crippen molar-refractivity contribution in [2.24, 2.45) is 16.7 Å². The standard InChI is InChI=1S/C16H16N4O2/c1-2-5-12-14(8-17,9-18)15(10-19)11-6-3-4-7-16(11,21-12)22-13(15)20/h2,5,11-12,20H,3-4,6-7H2,1H3/b5-2+,20-13?/t11-,12-,15+,16-/m1/s1. The minimum atomic E-state index is -1.77. The van der Waals surface area contributed by atoms with E-state index in [1.165, 1.54) is 0 Å². The highest BCUT2D eigenvalue weighted by Gasteiger charge is 2.79. The molecule has 2 aliphatic heterocycles. The topological polar surface area (TPSA) is 114 Å². The number of nitrogens with one attached hydrogen (secondary N) is 1. The summed E-state index contributed by atoms with van der Waals surface area (Å²) in [5.74, 6) is -1.80. The van der Waals surface area contributed by atoms with Crippen molar-refractivity contribution in [1.29, 1.82) is 21.2 Å². The SMILES string of the molecule is C/C=C/[C@H]1O[C@@]23CCCC[C@@H]2[C@@](C#N)(C(=N)O3)C1(C#N)C#N. The van der Waals surface area contributed by atoms with Gasteiger partial charge in [-0.2, -0.15) is 15.8 Å². The Bertz CT molecular complexity index is 666. The highest BCUT2D eigenvalue weighted by Crippen LogP contribution is 2.66. The molecule has 3 aliphatic rings. The molecule has 1 saturated carbocycles. The van der Waals surface area contributed by atoms with Crippen molar-refractivity contribution in [1.82, 2.24) is 0 Å². The molecule has 0 aromatic rings. The van der Waals surface area contributed by atoms with E-state index in [1.54, 1.807) is 19.1 Å². The van der Waals surface area contributed by atoms with Crippen LogP contribution >= 0.6 is 0 Å². The number of rotatable bonds is 1. The Labute approximate surface area is 129 Å². The van der Waals surface area contributed by atoms with Crippen molar-refractivity contribution < 1.29 is 9.47 Å². The second-order valence-corrected chi connectivity index (χ2v) is 6.06. The van der Waals surface area contributed by atoms with Crippen LogP contribution in [0.25, 0.3) is 0 Å². The normalized spacial score (nSPS) is 41.8. The van der Waals surface area contributed by atoms with Crippen molar-refractivity contribution >= 4 is 5.90 Å². The maximum absolute atomic E-state index is 9.91. The molecule has 0 spiro atoms. The number of ether oxygens (including phenoxy) is 2. The number of allylic oxidation sites excluding steroid dienone is 1. The fraction of sp³-hybridized carbons (Fsp3) is 0.625. The summed E-state index contributed by atoms with van der Waals surface area (Å²) in [5.41, 5.74) is -3.34. The first-order valence-corrected chi connectivity index (χ1v) is 7.39. The predicted octanol–water partition coefficient (Wildman–Crippen LogP) is 2.40. The molecule has 2 saturated heterocycles. The van der Waals surface area contributed by atoms with E-state index in [4.69, 9.17) is 14.9 Å². The lowest BCUT2D eigenvalue weighted by atomic mass is 9.52. The van der Waals surface area contributed by atoms with E-state index in [9.17, 15) is 15.8 Å². The lowest BCUT2D eigenvalue weighted by Crippen LogP contribution is -2.62. The molecule has 6 heteroatoms. The minimum Gasteiger partial charge on any atom is -0.447 e. The monoisotopic (exact) mass is 296 g/mol. The zero-order valence-corrected chi connectivity index (χ0v) is 12.3. The third-order valence-corrected chi connectivity index (χ3v) is 5.23. The lowest BCUT2D eigenvalue weighted by molar-refractivity contribution is -0.280. The second kappa shape index (κ2) is 4.57. The second-order valence-electron chi connectivity index (χ2n) is 6.06. The van der Waals surface area contributed by atoms with E-state index in [2.05, 4.69) is 6.07 Å². The molecule has 2 bridgehead atoms. The number of hydrogen-bond acceptors (Lipinski definition) is 6. The highest BCUT2D eigenvalue weighted by molar-refractivity contribution is 5.89. The highest BCUT2D eigenvalue weighted by atomic mass is 16.7. The van der Waals surface area contributed by atoms with Gasteiger partial charge >= 0.3 is 0 Å². The van der Waals surface area contributed by atoms with Gasteiger partial charge in [-0.05, 0) is 19.8 Å². The predicted molar refractivity (Wildman–Crippen MR) is 74.9 cm³/mol. The van der Waals surface area contributed by atoms with Gasteiger partial charge in [0.05, 0.1) is 24.1 Å². The first-order valence-electron chi connectivity index (χ1n) is 7.39. The van der Waals surface area contributed by atoms with Crippen LogP contribution in [-0.4, -0.2) is 17.8 Å². The number of hydrogen-bond donors (Lipinski definition) is 1. The molecular weight excluding hydrogens is 280 g/mol. The van der Waals surface area contributed by atoms with Crippen LogP contribution in [-0.2, 0) is 9.47 Å². The maximum Gasteiger partial charge on any atom is 0.217 e. The first kappa shape index (κ1) is 14.6. The number of nitriles is 3. The van der Waals surface area contributed by atoms with Crippen LogP contribution in [0.2, 0.25) is 0 Å². The Kier molecular flexibility index (Phi) is 3.02. The Hall–Kier alpha value is -2.36. The Morgan fingerprint density at radius 1 is 1.23 bits per heavy atom. The van der Waals surface area contributed by atoms with Crippen LogP contribution in [0.5, 0.6) is 0 Å².